The van der Waals surface area contributed by atoms with Crippen molar-refractivity contribution >= 4 is 33.4 Å². The molecule has 2 aliphatic rings. The maximum Gasteiger partial charge on any atom is 0.0490 e. The van der Waals surface area contributed by atoms with E-state index in [0.29, 0.717) is 4.75 Å². The molecule has 1 nitrogen and oxygen atoms in total. The van der Waals surface area contributed by atoms with Crippen LogP contribution in [0.1, 0.15) is 25.7 Å². The molecule has 15 heavy (non-hydrogen) atoms. The van der Waals surface area contributed by atoms with E-state index in [-0.39, 0.29) is 0 Å². The molecule has 0 amide bonds. The number of benzene rings is 1. The largest absolute Gasteiger partial charge is 0.383 e. The molecule has 0 unspecified atom stereocenters. The molecular formula is C12H14BrNS. The van der Waals surface area contributed by atoms with Crippen LogP contribution in [-0.4, -0.2) is 11.3 Å². The number of halogens is 1. The highest BCUT2D eigenvalue weighted by Gasteiger charge is 2.37. The Morgan fingerprint density at radius 3 is 2.87 bits per heavy atom. The van der Waals surface area contributed by atoms with Crippen LogP contribution < -0.4 is 5.32 Å². The average Bonchev–Trinajstić information content (AvgIpc) is 2.67. The molecule has 1 saturated carbocycles. The van der Waals surface area contributed by atoms with Gasteiger partial charge in [0.15, 0.2) is 0 Å². The Morgan fingerprint density at radius 2 is 2.07 bits per heavy atom. The highest BCUT2D eigenvalue weighted by molar-refractivity contribution is 9.10. The second-order valence-electron chi connectivity index (χ2n) is 4.49. The number of thioether (sulfide) groups is 1. The quantitative estimate of drug-likeness (QED) is 0.763. The van der Waals surface area contributed by atoms with Gasteiger partial charge in [0.2, 0.25) is 0 Å². The van der Waals surface area contributed by atoms with Gasteiger partial charge in [0.05, 0.1) is 0 Å². The summed E-state index contributed by atoms with van der Waals surface area (Å²) in [5.74, 6) is 0. The zero-order valence-electron chi connectivity index (χ0n) is 8.55. The fourth-order valence-electron chi connectivity index (χ4n) is 2.55. The zero-order valence-corrected chi connectivity index (χ0v) is 11.0. The van der Waals surface area contributed by atoms with E-state index in [0.717, 1.165) is 11.0 Å². The van der Waals surface area contributed by atoms with Crippen LogP contribution in [-0.2, 0) is 0 Å². The summed E-state index contributed by atoms with van der Waals surface area (Å²) in [6.45, 7) is 1.14. The van der Waals surface area contributed by atoms with Crippen LogP contribution in [0.2, 0.25) is 0 Å². The lowest BCUT2D eigenvalue weighted by Gasteiger charge is -2.34. The molecule has 0 saturated heterocycles. The number of rotatable bonds is 0. The van der Waals surface area contributed by atoms with E-state index in [1.54, 1.807) is 0 Å². The molecule has 1 aromatic rings. The Morgan fingerprint density at radius 1 is 1.27 bits per heavy atom. The Labute approximate surface area is 103 Å². The first-order chi connectivity index (χ1) is 7.27. The second kappa shape index (κ2) is 3.70. The lowest BCUT2D eigenvalue weighted by atomic mass is 10.1. The number of nitrogens with one attached hydrogen (secondary N) is 1. The van der Waals surface area contributed by atoms with Gasteiger partial charge in [-0.15, -0.1) is 11.8 Å². The molecule has 1 N–H and O–H groups in total. The average molecular weight is 284 g/mol. The van der Waals surface area contributed by atoms with Gasteiger partial charge in [-0.25, -0.2) is 0 Å². The van der Waals surface area contributed by atoms with Gasteiger partial charge >= 0.3 is 0 Å². The molecule has 3 heteroatoms. The van der Waals surface area contributed by atoms with E-state index in [2.05, 4.69) is 51.2 Å². The summed E-state index contributed by atoms with van der Waals surface area (Å²) in [5, 5.41) is 3.59. The van der Waals surface area contributed by atoms with Gasteiger partial charge in [0.1, 0.15) is 0 Å². The molecule has 1 spiro atoms. The maximum absolute atomic E-state index is 3.59. The fraction of sp³-hybridized carbons (Fsp3) is 0.500. The Bertz CT molecular complexity index is 385. The summed E-state index contributed by atoms with van der Waals surface area (Å²) in [6, 6.07) is 6.56. The number of hydrogen-bond donors (Lipinski definition) is 1. The topological polar surface area (TPSA) is 12.0 Å². The summed E-state index contributed by atoms with van der Waals surface area (Å²) in [4.78, 5) is 1.42. The third-order valence-corrected chi connectivity index (χ3v) is 5.44. The highest BCUT2D eigenvalue weighted by Crippen LogP contribution is 2.50. The first-order valence-electron chi connectivity index (χ1n) is 5.50. The van der Waals surface area contributed by atoms with Crippen molar-refractivity contribution in [3.8, 4) is 0 Å². The van der Waals surface area contributed by atoms with Gasteiger partial charge in [-0.05, 0) is 31.0 Å². The number of hydrogen-bond acceptors (Lipinski definition) is 2. The Kier molecular flexibility index (Phi) is 2.48. The number of anilines is 1. The fourth-order valence-corrected chi connectivity index (χ4v) is 4.40. The third-order valence-electron chi connectivity index (χ3n) is 3.38. The van der Waals surface area contributed by atoms with E-state index >= 15 is 0 Å². The highest BCUT2D eigenvalue weighted by atomic mass is 79.9. The third kappa shape index (κ3) is 1.80. The minimum absolute atomic E-state index is 0.501. The summed E-state index contributed by atoms with van der Waals surface area (Å²) >= 11 is 5.61. The molecule has 0 atom stereocenters. The first-order valence-corrected chi connectivity index (χ1v) is 7.11. The minimum Gasteiger partial charge on any atom is -0.383 e. The normalized spacial score (nSPS) is 22.5. The smallest absolute Gasteiger partial charge is 0.0490 e. The molecule has 0 bridgehead atoms. The Hall–Kier alpha value is -0.150. The SMILES string of the molecule is Brc1ccc2c(c1)NCC1(CCCC1)S2. The molecule has 0 radical (unpaired) electrons. The summed E-state index contributed by atoms with van der Waals surface area (Å²) in [7, 11) is 0. The molecule has 3 rings (SSSR count). The monoisotopic (exact) mass is 283 g/mol. The van der Waals surface area contributed by atoms with Crippen molar-refractivity contribution in [2.75, 3.05) is 11.9 Å². The molecule has 0 aromatic heterocycles. The van der Waals surface area contributed by atoms with Gasteiger partial charge in [0, 0.05) is 26.3 Å². The van der Waals surface area contributed by atoms with Gasteiger partial charge in [-0.2, -0.15) is 0 Å². The van der Waals surface area contributed by atoms with Crippen molar-refractivity contribution in [3.63, 3.8) is 0 Å². The summed E-state index contributed by atoms with van der Waals surface area (Å²) in [5.41, 5.74) is 1.30. The van der Waals surface area contributed by atoms with Gasteiger partial charge in [-0.3, -0.25) is 0 Å². The van der Waals surface area contributed by atoms with Crippen LogP contribution in [0.3, 0.4) is 0 Å². The predicted octanol–water partition coefficient (Wildman–Crippen LogP) is 4.28. The van der Waals surface area contributed by atoms with Crippen LogP contribution in [0.25, 0.3) is 0 Å². The van der Waals surface area contributed by atoms with Crippen molar-refractivity contribution in [1.29, 1.82) is 0 Å². The van der Waals surface area contributed by atoms with Gasteiger partial charge < -0.3 is 5.32 Å². The molecular weight excluding hydrogens is 270 g/mol. The van der Waals surface area contributed by atoms with Crippen LogP contribution >= 0.6 is 27.7 Å². The molecule has 1 aliphatic carbocycles. The zero-order chi connectivity index (χ0) is 10.3. The lowest BCUT2D eigenvalue weighted by Crippen LogP contribution is -2.33. The van der Waals surface area contributed by atoms with E-state index in [9.17, 15) is 0 Å². The van der Waals surface area contributed by atoms with Crippen molar-refractivity contribution < 1.29 is 0 Å². The predicted molar refractivity (Wildman–Crippen MR) is 69.7 cm³/mol. The van der Waals surface area contributed by atoms with Gasteiger partial charge in [0.25, 0.3) is 0 Å². The molecule has 80 valence electrons. The molecule has 1 fully saturated rings. The molecule has 1 heterocycles. The minimum atomic E-state index is 0.501. The van der Waals surface area contributed by atoms with Crippen LogP contribution in [0.4, 0.5) is 5.69 Å². The van der Waals surface area contributed by atoms with E-state index < -0.39 is 0 Å². The standard InChI is InChI=1S/C12H14BrNS/c13-9-3-4-11-10(7-9)14-8-12(15-11)5-1-2-6-12/h3-4,7,14H,1-2,5-6,8H2. The van der Waals surface area contributed by atoms with Crippen molar-refractivity contribution in [2.24, 2.45) is 0 Å². The van der Waals surface area contributed by atoms with Crippen LogP contribution in [0.15, 0.2) is 27.6 Å². The van der Waals surface area contributed by atoms with Crippen molar-refractivity contribution in [3.05, 3.63) is 22.7 Å². The lowest BCUT2D eigenvalue weighted by molar-refractivity contribution is 0.631. The number of fused-ring (bicyclic) bond motifs is 1. The van der Waals surface area contributed by atoms with Gasteiger partial charge in [-0.1, -0.05) is 28.8 Å². The van der Waals surface area contributed by atoms with Crippen LogP contribution in [0.5, 0.6) is 0 Å². The van der Waals surface area contributed by atoms with Crippen molar-refractivity contribution in [2.45, 2.75) is 35.3 Å². The first kappa shape index (κ1) is 10.0. The second-order valence-corrected chi connectivity index (χ2v) is 6.91. The van der Waals surface area contributed by atoms with Crippen molar-refractivity contribution in [1.82, 2.24) is 0 Å². The maximum atomic E-state index is 3.59. The summed E-state index contributed by atoms with van der Waals surface area (Å²) in [6.07, 6.45) is 5.56. The van der Waals surface area contributed by atoms with E-state index in [1.807, 2.05) is 0 Å². The van der Waals surface area contributed by atoms with E-state index in [4.69, 9.17) is 0 Å². The summed E-state index contributed by atoms with van der Waals surface area (Å²) < 4.78 is 1.66. The molecule has 1 aromatic carbocycles. The Balaban J connectivity index is 1.93. The molecule has 1 aliphatic heterocycles. The van der Waals surface area contributed by atoms with E-state index in [1.165, 1.54) is 36.3 Å². The van der Waals surface area contributed by atoms with Crippen LogP contribution in [0, 0.1) is 0 Å².